The molecule has 4 aromatic heterocycles. The third kappa shape index (κ3) is 5.91. The van der Waals surface area contributed by atoms with E-state index in [-0.39, 0.29) is 0 Å². The van der Waals surface area contributed by atoms with E-state index in [1.807, 2.05) is 80.6 Å². The van der Waals surface area contributed by atoms with E-state index in [1.54, 1.807) is 0 Å². The van der Waals surface area contributed by atoms with Crippen LogP contribution in [-0.4, -0.2) is 19.5 Å². The number of benzene rings is 9. The summed E-state index contributed by atoms with van der Waals surface area (Å²) >= 11 is 0. The molecule has 0 saturated carbocycles. The van der Waals surface area contributed by atoms with Gasteiger partial charge in [0.05, 0.1) is 11.0 Å². The molecule has 0 saturated heterocycles. The van der Waals surface area contributed by atoms with Crippen LogP contribution in [0.4, 0.5) is 0 Å². The van der Waals surface area contributed by atoms with Crippen molar-refractivity contribution >= 4 is 76.5 Å². The molecular weight excluding hydrogens is 773 g/mol. The van der Waals surface area contributed by atoms with Crippen LogP contribution in [0, 0.1) is 0 Å². The standard InChI is InChI=1S/C55H32N4O2.C2H6/c1-2-13-34(14-3-1)53-56-54(38-24-27-43-41-18-6-8-22-47(41)61-50(43)32-38)58-55(57-53)59-46-28-25-33-12-4-5-17-39(33)51(46)44-21-11-20-40(52(44)59)37-16-10-15-35(30-37)36-26-29-49-45(31-36)42-19-7-9-23-48(42)60-49;1-2/h1-32H;1-2H3. The number of hydrogen-bond donors (Lipinski definition) is 0. The molecule has 6 heteroatoms. The minimum absolute atomic E-state index is 0.532. The molecule has 0 N–H and O–H groups in total. The Hall–Kier alpha value is -8.35. The number of aromatic nitrogens is 4. The van der Waals surface area contributed by atoms with Gasteiger partial charge in [-0.05, 0) is 76.0 Å². The summed E-state index contributed by atoms with van der Waals surface area (Å²) in [6.07, 6.45) is 0. The van der Waals surface area contributed by atoms with Gasteiger partial charge in [-0.2, -0.15) is 9.97 Å². The second-order valence-electron chi connectivity index (χ2n) is 15.6. The Labute approximate surface area is 362 Å². The summed E-state index contributed by atoms with van der Waals surface area (Å²) in [6.45, 7) is 4.00. The van der Waals surface area contributed by atoms with Gasteiger partial charge in [0.15, 0.2) is 11.6 Å². The first-order valence-electron chi connectivity index (χ1n) is 21.4. The molecule has 0 aliphatic heterocycles. The van der Waals surface area contributed by atoms with Crippen LogP contribution in [0.3, 0.4) is 0 Å². The molecule has 298 valence electrons. The highest BCUT2D eigenvalue weighted by atomic mass is 16.3. The van der Waals surface area contributed by atoms with Gasteiger partial charge < -0.3 is 8.83 Å². The first kappa shape index (κ1) is 36.5. The maximum Gasteiger partial charge on any atom is 0.238 e. The lowest BCUT2D eigenvalue weighted by Gasteiger charge is -2.13. The van der Waals surface area contributed by atoms with Crippen molar-refractivity contribution in [2.75, 3.05) is 0 Å². The van der Waals surface area contributed by atoms with Crippen molar-refractivity contribution in [2.45, 2.75) is 13.8 Å². The van der Waals surface area contributed by atoms with Crippen LogP contribution in [0.2, 0.25) is 0 Å². The molecule has 0 radical (unpaired) electrons. The largest absolute Gasteiger partial charge is 0.456 e. The Morgan fingerprint density at radius 3 is 1.78 bits per heavy atom. The SMILES string of the molecule is CC.c1ccc(-c2nc(-c3ccc4c(c3)oc3ccccc34)nc(-n3c4ccc5ccccc5c4c4cccc(-c5cccc(-c6ccc7oc8ccccc8c7c6)c5)c43)n2)cc1. The van der Waals surface area contributed by atoms with Crippen molar-refractivity contribution in [3.05, 3.63) is 194 Å². The van der Waals surface area contributed by atoms with E-state index >= 15 is 0 Å². The van der Waals surface area contributed by atoms with Crippen LogP contribution in [0.1, 0.15) is 13.8 Å². The summed E-state index contributed by atoms with van der Waals surface area (Å²) in [5.41, 5.74) is 11.6. The molecule has 0 fully saturated rings. The average molecular weight is 811 g/mol. The van der Waals surface area contributed by atoms with Crippen molar-refractivity contribution in [1.82, 2.24) is 19.5 Å². The zero-order valence-electron chi connectivity index (χ0n) is 34.6. The van der Waals surface area contributed by atoms with E-state index in [0.717, 1.165) is 99.1 Å². The topological polar surface area (TPSA) is 69.9 Å². The van der Waals surface area contributed by atoms with Gasteiger partial charge >= 0.3 is 0 Å². The Bertz CT molecular complexity index is 3900. The first-order chi connectivity index (χ1) is 31.2. The molecule has 13 aromatic rings. The van der Waals surface area contributed by atoms with E-state index in [0.29, 0.717) is 17.6 Å². The maximum atomic E-state index is 6.35. The monoisotopic (exact) mass is 810 g/mol. The number of para-hydroxylation sites is 3. The van der Waals surface area contributed by atoms with Crippen LogP contribution in [0.25, 0.3) is 127 Å². The van der Waals surface area contributed by atoms with Gasteiger partial charge in [-0.25, -0.2) is 4.98 Å². The van der Waals surface area contributed by atoms with E-state index < -0.39 is 0 Å². The Morgan fingerprint density at radius 2 is 0.952 bits per heavy atom. The number of furan rings is 2. The summed E-state index contributed by atoms with van der Waals surface area (Å²) in [5, 5.41) is 8.95. The van der Waals surface area contributed by atoms with Gasteiger partial charge in [-0.3, -0.25) is 4.57 Å². The average Bonchev–Trinajstić information content (AvgIpc) is 4.04. The highest BCUT2D eigenvalue weighted by molar-refractivity contribution is 6.23. The van der Waals surface area contributed by atoms with Gasteiger partial charge in [-0.1, -0.05) is 159 Å². The number of hydrogen-bond acceptors (Lipinski definition) is 5. The zero-order valence-corrected chi connectivity index (χ0v) is 34.6. The van der Waals surface area contributed by atoms with Crippen molar-refractivity contribution < 1.29 is 8.83 Å². The number of rotatable bonds is 5. The van der Waals surface area contributed by atoms with Crippen LogP contribution in [0.5, 0.6) is 0 Å². The summed E-state index contributed by atoms with van der Waals surface area (Å²) in [6, 6.07) is 67.6. The molecule has 13 rings (SSSR count). The van der Waals surface area contributed by atoms with Gasteiger partial charge in [0.1, 0.15) is 22.3 Å². The lowest BCUT2D eigenvalue weighted by atomic mass is 9.96. The molecule has 4 heterocycles. The molecular formula is C57H38N4O2. The minimum Gasteiger partial charge on any atom is -0.456 e. The van der Waals surface area contributed by atoms with Crippen molar-refractivity contribution in [1.29, 1.82) is 0 Å². The molecule has 0 aliphatic rings. The minimum atomic E-state index is 0.532. The first-order valence-corrected chi connectivity index (χ1v) is 21.4. The third-order valence-electron chi connectivity index (χ3n) is 12.1. The quantitative estimate of drug-likeness (QED) is 0.173. The van der Waals surface area contributed by atoms with E-state index in [2.05, 4.69) is 132 Å². The maximum absolute atomic E-state index is 6.35. The molecule has 9 aromatic carbocycles. The fourth-order valence-corrected chi connectivity index (χ4v) is 9.22. The third-order valence-corrected chi connectivity index (χ3v) is 12.1. The normalized spacial score (nSPS) is 11.7. The zero-order chi connectivity index (χ0) is 42.0. The molecule has 0 spiro atoms. The molecule has 0 bridgehead atoms. The van der Waals surface area contributed by atoms with E-state index in [1.165, 1.54) is 10.8 Å². The molecule has 6 nitrogen and oxygen atoms in total. The lowest BCUT2D eigenvalue weighted by molar-refractivity contribution is 0.668. The fraction of sp³-hybridized carbons (Fsp3) is 0.0351. The second-order valence-corrected chi connectivity index (χ2v) is 15.6. The Morgan fingerprint density at radius 1 is 0.365 bits per heavy atom. The number of fused-ring (bicyclic) bond motifs is 11. The summed E-state index contributed by atoms with van der Waals surface area (Å²) in [7, 11) is 0. The lowest BCUT2D eigenvalue weighted by Crippen LogP contribution is -2.07. The van der Waals surface area contributed by atoms with Crippen LogP contribution in [0.15, 0.2) is 203 Å². The van der Waals surface area contributed by atoms with Crippen LogP contribution >= 0.6 is 0 Å². The predicted octanol–water partition coefficient (Wildman–Crippen LogP) is 15.6. The van der Waals surface area contributed by atoms with Gasteiger partial charge in [0.25, 0.3) is 0 Å². The highest BCUT2D eigenvalue weighted by Gasteiger charge is 2.22. The summed E-state index contributed by atoms with van der Waals surface area (Å²) in [4.78, 5) is 15.8. The van der Waals surface area contributed by atoms with Crippen molar-refractivity contribution in [3.63, 3.8) is 0 Å². The van der Waals surface area contributed by atoms with Gasteiger partial charge in [-0.15, -0.1) is 0 Å². The molecule has 0 aliphatic carbocycles. The fourth-order valence-electron chi connectivity index (χ4n) is 9.22. The molecule has 0 amide bonds. The highest BCUT2D eigenvalue weighted by Crippen LogP contribution is 2.42. The van der Waals surface area contributed by atoms with Crippen molar-refractivity contribution in [2.24, 2.45) is 0 Å². The van der Waals surface area contributed by atoms with Crippen LogP contribution in [-0.2, 0) is 0 Å². The van der Waals surface area contributed by atoms with E-state index in [4.69, 9.17) is 23.8 Å². The Kier molecular flexibility index (Phi) is 8.50. The van der Waals surface area contributed by atoms with Gasteiger partial charge in [0.2, 0.25) is 5.95 Å². The van der Waals surface area contributed by atoms with E-state index in [9.17, 15) is 0 Å². The Balaban J connectivity index is 0.00000208. The second kappa shape index (κ2) is 14.7. The molecule has 0 unspecified atom stereocenters. The molecule has 0 atom stereocenters. The van der Waals surface area contributed by atoms with Crippen molar-refractivity contribution in [3.8, 4) is 51.0 Å². The summed E-state index contributed by atoms with van der Waals surface area (Å²) < 4.78 is 14.8. The summed E-state index contributed by atoms with van der Waals surface area (Å²) in [5.74, 6) is 1.68. The van der Waals surface area contributed by atoms with Gasteiger partial charge in [0, 0.05) is 49.0 Å². The van der Waals surface area contributed by atoms with Crippen LogP contribution < -0.4 is 0 Å². The predicted molar refractivity (Wildman–Crippen MR) is 259 cm³/mol. The smallest absolute Gasteiger partial charge is 0.238 e. The number of nitrogens with zero attached hydrogens (tertiary/aromatic N) is 4. The molecule has 63 heavy (non-hydrogen) atoms.